The van der Waals surface area contributed by atoms with Gasteiger partial charge in [-0.25, -0.2) is 0 Å². The van der Waals surface area contributed by atoms with Crippen molar-refractivity contribution in [2.45, 2.75) is 46.1 Å². The SMILES string of the molecule is CC[C@@H]1C=C[C@H]2[C@@H](C(=O)N(CCCCO)[C@@H]2C(=O)Nc2c(C)cccc2C)[C@@H]1C(=O)NC. The van der Waals surface area contributed by atoms with Gasteiger partial charge in [-0.3, -0.25) is 14.4 Å². The summed E-state index contributed by atoms with van der Waals surface area (Å²) in [6.07, 6.45) is 5.87. The van der Waals surface area contributed by atoms with Gasteiger partial charge in [-0.2, -0.15) is 0 Å². The van der Waals surface area contributed by atoms with Crippen molar-refractivity contribution in [3.63, 3.8) is 0 Å². The fraction of sp³-hybridized carbons (Fsp3) is 0.560. The minimum absolute atomic E-state index is 0.0346. The van der Waals surface area contributed by atoms with Crippen LogP contribution in [0.15, 0.2) is 30.4 Å². The van der Waals surface area contributed by atoms with Crippen LogP contribution in [0.4, 0.5) is 5.69 Å². The van der Waals surface area contributed by atoms with E-state index in [1.165, 1.54) is 0 Å². The molecule has 3 rings (SSSR count). The first kappa shape index (κ1) is 24.0. The number of likely N-dealkylation sites (tertiary alicyclic amines) is 1. The summed E-state index contributed by atoms with van der Waals surface area (Å²) in [6, 6.07) is 5.14. The first-order valence-electron chi connectivity index (χ1n) is 11.5. The average Bonchev–Trinajstić information content (AvgIpc) is 3.07. The third kappa shape index (κ3) is 4.44. The van der Waals surface area contributed by atoms with Crippen LogP contribution in [0.2, 0.25) is 0 Å². The van der Waals surface area contributed by atoms with E-state index in [9.17, 15) is 19.5 Å². The van der Waals surface area contributed by atoms with Crippen LogP contribution in [0, 0.1) is 37.5 Å². The highest BCUT2D eigenvalue weighted by Gasteiger charge is 2.56. The number of anilines is 1. The molecule has 1 aromatic rings. The molecule has 7 heteroatoms. The van der Waals surface area contributed by atoms with Crippen molar-refractivity contribution in [1.29, 1.82) is 0 Å². The van der Waals surface area contributed by atoms with Crippen LogP contribution in [-0.4, -0.2) is 54.0 Å². The number of aryl methyl sites for hydroxylation is 2. The molecule has 1 aliphatic heterocycles. The van der Waals surface area contributed by atoms with Crippen LogP contribution in [0.3, 0.4) is 0 Å². The van der Waals surface area contributed by atoms with Gasteiger partial charge in [0, 0.05) is 31.8 Å². The maximum Gasteiger partial charge on any atom is 0.247 e. The van der Waals surface area contributed by atoms with E-state index in [2.05, 4.69) is 10.6 Å². The molecule has 1 aliphatic carbocycles. The summed E-state index contributed by atoms with van der Waals surface area (Å²) in [5, 5.41) is 15.0. The fourth-order valence-electron chi connectivity index (χ4n) is 5.25. The lowest BCUT2D eigenvalue weighted by Gasteiger charge is -2.33. The lowest BCUT2D eigenvalue weighted by molar-refractivity contribution is -0.140. The Hall–Kier alpha value is -2.67. The number of aliphatic hydroxyl groups is 1. The highest BCUT2D eigenvalue weighted by atomic mass is 16.3. The van der Waals surface area contributed by atoms with Gasteiger partial charge >= 0.3 is 0 Å². The van der Waals surface area contributed by atoms with E-state index in [0.29, 0.717) is 19.4 Å². The van der Waals surface area contributed by atoms with Crippen molar-refractivity contribution in [2.24, 2.45) is 23.7 Å². The molecule has 1 heterocycles. The predicted octanol–water partition coefficient (Wildman–Crippen LogP) is 2.42. The van der Waals surface area contributed by atoms with Crippen molar-refractivity contribution in [3.8, 4) is 0 Å². The van der Waals surface area contributed by atoms with Crippen LogP contribution in [0.25, 0.3) is 0 Å². The molecule has 32 heavy (non-hydrogen) atoms. The Morgan fingerprint density at radius 2 is 1.78 bits per heavy atom. The van der Waals surface area contributed by atoms with Crippen molar-refractivity contribution < 1.29 is 19.5 Å². The van der Waals surface area contributed by atoms with E-state index in [4.69, 9.17) is 0 Å². The summed E-state index contributed by atoms with van der Waals surface area (Å²) >= 11 is 0. The third-order valence-electron chi connectivity index (χ3n) is 6.94. The standard InChI is InChI=1S/C25H35N3O4/c1-5-17-11-12-18-20(19(17)23(30)26-4)25(32)28(13-6-7-14-29)22(18)24(31)27-21-15(2)9-8-10-16(21)3/h8-12,17-20,22,29H,5-7,13-14H2,1-4H3,(H,26,30)(H,27,31)/t17-,18+,19-,20-,22+/m1/s1. The number of nitrogens with one attached hydrogen (secondary N) is 2. The molecule has 3 N–H and O–H groups in total. The number of benzene rings is 1. The molecular weight excluding hydrogens is 406 g/mol. The Labute approximate surface area is 190 Å². The molecule has 0 radical (unpaired) electrons. The Morgan fingerprint density at radius 1 is 1.09 bits per heavy atom. The Balaban J connectivity index is 1.98. The monoisotopic (exact) mass is 441 g/mol. The first-order valence-corrected chi connectivity index (χ1v) is 11.5. The zero-order chi connectivity index (χ0) is 23.4. The van der Waals surface area contributed by atoms with E-state index in [1.807, 2.05) is 51.1 Å². The molecule has 1 aromatic carbocycles. The first-order chi connectivity index (χ1) is 15.3. The quantitative estimate of drug-likeness (QED) is 0.426. The molecule has 0 bridgehead atoms. The number of para-hydroxylation sites is 1. The van der Waals surface area contributed by atoms with Crippen LogP contribution in [0.5, 0.6) is 0 Å². The number of allylic oxidation sites excluding steroid dienone is 1. The summed E-state index contributed by atoms with van der Waals surface area (Å²) in [4.78, 5) is 41.6. The number of carbonyl (C=O) groups excluding carboxylic acids is 3. The maximum atomic E-state index is 13.6. The van der Waals surface area contributed by atoms with E-state index >= 15 is 0 Å². The minimum Gasteiger partial charge on any atom is -0.396 e. The highest BCUT2D eigenvalue weighted by Crippen LogP contribution is 2.45. The number of hydrogen-bond donors (Lipinski definition) is 3. The largest absolute Gasteiger partial charge is 0.396 e. The second-order valence-corrected chi connectivity index (χ2v) is 8.86. The summed E-state index contributed by atoms with van der Waals surface area (Å²) in [7, 11) is 1.59. The van der Waals surface area contributed by atoms with E-state index in [1.54, 1.807) is 11.9 Å². The second-order valence-electron chi connectivity index (χ2n) is 8.86. The van der Waals surface area contributed by atoms with Crippen LogP contribution >= 0.6 is 0 Å². The molecule has 1 fully saturated rings. The maximum absolute atomic E-state index is 13.6. The zero-order valence-corrected chi connectivity index (χ0v) is 19.4. The molecule has 174 valence electrons. The van der Waals surface area contributed by atoms with Gasteiger partial charge < -0.3 is 20.6 Å². The van der Waals surface area contributed by atoms with Crippen LogP contribution in [-0.2, 0) is 14.4 Å². The van der Waals surface area contributed by atoms with Crippen molar-refractivity contribution in [1.82, 2.24) is 10.2 Å². The summed E-state index contributed by atoms with van der Waals surface area (Å²) in [6.45, 7) is 6.31. The molecule has 3 amide bonds. The minimum atomic E-state index is -0.689. The van der Waals surface area contributed by atoms with Gasteiger partial charge in [0.15, 0.2) is 0 Å². The molecule has 0 unspecified atom stereocenters. The van der Waals surface area contributed by atoms with Crippen LogP contribution < -0.4 is 10.6 Å². The molecule has 0 aromatic heterocycles. The van der Waals surface area contributed by atoms with Gasteiger partial charge in [-0.15, -0.1) is 0 Å². The number of fused-ring (bicyclic) bond motifs is 1. The number of nitrogens with zero attached hydrogens (tertiary/aromatic N) is 1. The van der Waals surface area contributed by atoms with Gasteiger partial charge in [0.05, 0.1) is 11.8 Å². The lowest BCUT2D eigenvalue weighted by Crippen LogP contribution is -2.45. The molecule has 5 atom stereocenters. The normalized spacial score (nSPS) is 26.7. The highest BCUT2D eigenvalue weighted by molar-refractivity contribution is 6.02. The molecule has 1 saturated heterocycles. The van der Waals surface area contributed by atoms with Gasteiger partial charge in [-0.05, 0) is 50.2 Å². The topological polar surface area (TPSA) is 98.7 Å². The van der Waals surface area contributed by atoms with Crippen molar-refractivity contribution in [2.75, 3.05) is 25.5 Å². The fourth-order valence-corrected chi connectivity index (χ4v) is 5.25. The summed E-state index contributed by atoms with van der Waals surface area (Å²) in [5.41, 5.74) is 2.68. The average molecular weight is 442 g/mol. The van der Waals surface area contributed by atoms with Gasteiger partial charge in [-0.1, -0.05) is 37.3 Å². The van der Waals surface area contributed by atoms with Gasteiger partial charge in [0.1, 0.15) is 6.04 Å². The number of aliphatic hydroxyl groups excluding tert-OH is 1. The molecular formula is C25H35N3O4. The molecule has 0 spiro atoms. The second kappa shape index (κ2) is 10.3. The van der Waals surface area contributed by atoms with Gasteiger partial charge in [0.2, 0.25) is 17.7 Å². The number of carbonyl (C=O) groups is 3. The number of rotatable bonds is 8. The van der Waals surface area contributed by atoms with E-state index in [-0.39, 0.29) is 36.2 Å². The number of hydrogen-bond acceptors (Lipinski definition) is 4. The predicted molar refractivity (Wildman–Crippen MR) is 124 cm³/mol. The Morgan fingerprint density at radius 3 is 2.38 bits per heavy atom. The van der Waals surface area contributed by atoms with Gasteiger partial charge in [0.25, 0.3) is 0 Å². The molecule has 2 aliphatic rings. The lowest BCUT2D eigenvalue weighted by atomic mass is 9.69. The summed E-state index contributed by atoms with van der Waals surface area (Å²) < 4.78 is 0. The Kier molecular flexibility index (Phi) is 7.72. The number of amides is 3. The molecule has 0 saturated carbocycles. The smallest absolute Gasteiger partial charge is 0.247 e. The van der Waals surface area contributed by atoms with Crippen molar-refractivity contribution in [3.05, 3.63) is 41.5 Å². The van der Waals surface area contributed by atoms with E-state index < -0.39 is 17.9 Å². The van der Waals surface area contributed by atoms with Crippen molar-refractivity contribution >= 4 is 23.4 Å². The number of unbranched alkanes of at least 4 members (excludes halogenated alkanes) is 1. The van der Waals surface area contributed by atoms with Crippen LogP contribution in [0.1, 0.15) is 37.3 Å². The zero-order valence-electron chi connectivity index (χ0n) is 19.4. The Bertz CT molecular complexity index is 877. The molecule has 7 nitrogen and oxygen atoms in total. The summed E-state index contributed by atoms with van der Waals surface area (Å²) in [5.74, 6) is -2.01. The third-order valence-corrected chi connectivity index (χ3v) is 6.94. The van der Waals surface area contributed by atoms with E-state index in [0.717, 1.165) is 23.2 Å².